The predicted octanol–water partition coefficient (Wildman–Crippen LogP) is 0.518. The van der Waals surface area contributed by atoms with E-state index in [-0.39, 0.29) is 30.0 Å². The third kappa shape index (κ3) is 4.21. The van der Waals surface area contributed by atoms with E-state index in [0.29, 0.717) is 5.69 Å². The molecule has 7 heteroatoms. The van der Waals surface area contributed by atoms with Gasteiger partial charge in [0.25, 0.3) is 5.91 Å². The third-order valence-electron chi connectivity index (χ3n) is 2.24. The van der Waals surface area contributed by atoms with Gasteiger partial charge >= 0.3 is 0 Å². The minimum Gasteiger partial charge on any atom is -0.389 e. The number of aryl methyl sites for hydroxylation is 1. The average Bonchev–Trinajstić information content (AvgIpc) is 2.26. The van der Waals surface area contributed by atoms with Crippen LogP contribution in [0.1, 0.15) is 16.2 Å². The van der Waals surface area contributed by atoms with E-state index in [9.17, 15) is 9.90 Å². The molecule has 1 heterocycles. The zero-order chi connectivity index (χ0) is 13.7. The van der Waals surface area contributed by atoms with Gasteiger partial charge in [-0.15, -0.1) is 0 Å². The van der Waals surface area contributed by atoms with E-state index in [1.54, 1.807) is 20.0 Å². The Morgan fingerprint density at radius 1 is 1.61 bits per heavy atom. The lowest BCUT2D eigenvalue weighted by Gasteiger charge is -2.20. The monoisotopic (exact) mass is 273 g/mol. The Hall–Kier alpha value is -1.24. The van der Waals surface area contributed by atoms with E-state index in [0.717, 1.165) is 0 Å². The van der Waals surface area contributed by atoms with Gasteiger partial charge in [-0.25, -0.2) is 9.97 Å². The molecule has 0 fully saturated rings. The van der Waals surface area contributed by atoms with Crippen molar-refractivity contribution >= 4 is 17.5 Å². The van der Waals surface area contributed by atoms with Crippen LogP contribution in [-0.2, 0) is 4.74 Å². The van der Waals surface area contributed by atoms with Gasteiger partial charge in [-0.05, 0) is 24.6 Å². The Bertz CT molecular complexity index is 408. The van der Waals surface area contributed by atoms with Gasteiger partial charge in [0.1, 0.15) is 5.69 Å². The highest BCUT2D eigenvalue weighted by molar-refractivity contribution is 6.28. The van der Waals surface area contributed by atoms with E-state index in [1.807, 2.05) is 0 Å². The summed E-state index contributed by atoms with van der Waals surface area (Å²) in [5.74, 6) is -0.322. The number of hydrogen-bond donors (Lipinski definition) is 1. The van der Waals surface area contributed by atoms with Crippen molar-refractivity contribution in [2.75, 3.05) is 27.3 Å². The second kappa shape index (κ2) is 6.63. The minimum absolute atomic E-state index is 0.0317. The molecule has 0 aliphatic rings. The summed E-state index contributed by atoms with van der Waals surface area (Å²) < 4.78 is 4.79. The fourth-order valence-electron chi connectivity index (χ4n) is 1.48. The van der Waals surface area contributed by atoms with Crippen LogP contribution in [0, 0.1) is 6.92 Å². The molecule has 1 aromatic heterocycles. The normalized spacial score (nSPS) is 12.3. The van der Waals surface area contributed by atoms with Crippen LogP contribution in [0.25, 0.3) is 0 Å². The number of aliphatic hydroxyl groups excluding tert-OH is 1. The number of ether oxygens (including phenoxy) is 1. The molecule has 1 unspecified atom stereocenters. The van der Waals surface area contributed by atoms with Gasteiger partial charge < -0.3 is 14.7 Å². The number of carbonyl (C=O) groups excluding carboxylic acids is 1. The van der Waals surface area contributed by atoms with E-state index < -0.39 is 6.10 Å². The summed E-state index contributed by atoms with van der Waals surface area (Å²) >= 11 is 5.69. The first-order chi connectivity index (χ1) is 8.43. The molecular weight excluding hydrogens is 258 g/mol. The fourth-order valence-corrected chi connectivity index (χ4v) is 1.71. The molecule has 6 nitrogen and oxygen atoms in total. The van der Waals surface area contributed by atoms with Gasteiger partial charge in [-0.3, -0.25) is 4.79 Å². The maximum Gasteiger partial charge on any atom is 0.272 e. The molecule has 1 amide bonds. The van der Waals surface area contributed by atoms with Gasteiger partial charge in [0.2, 0.25) is 5.28 Å². The van der Waals surface area contributed by atoms with Crippen LogP contribution in [0.2, 0.25) is 5.28 Å². The molecule has 0 aliphatic carbocycles. The summed E-state index contributed by atoms with van der Waals surface area (Å²) in [4.78, 5) is 21.1. The highest BCUT2D eigenvalue weighted by Gasteiger charge is 2.17. The van der Waals surface area contributed by atoms with Gasteiger partial charge in [0.15, 0.2) is 0 Å². The van der Waals surface area contributed by atoms with Crippen LogP contribution in [0.5, 0.6) is 0 Å². The molecule has 100 valence electrons. The molecule has 0 bridgehead atoms. The molecule has 0 radical (unpaired) electrons. The summed E-state index contributed by atoms with van der Waals surface area (Å²) in [6, 6.07) is 1.55. The molecule has 1 N–H and O–H groups in total. The van der Waals surface area contributed by atoms with Crippen molar-refractivity contribution in [3.63, 3.8) is 0 Å². The van der Waals surface area contributed by atoms with Crippen LogP contribution in [-0.4, -0.2) is 59.3 Å². The first kappa shape index (κ1) is 14.8. The first-order valence-electron chi connectivity index (χ1n) is 5.37. The second-order valence-corrected chi connectivity index (χ2v) is 4.30. The van der Waals surface area contributed by atoms with Crippen LogP contribution >= 0.6 is 11.6 Å². The summed E-state index contributed by atoms with van der Waals surface area (Å²) in [5, 5.41) is 9.58. The number of halogens is 1. The van der Waals surface area contributed by atoms with Gasteiger partial charge in [-0.1, -0.05) is 0 Å². The lowest BCUT2D eigenvalue weighted by molar-refractivity contribution is 0.0378. The number of nitrogens with zero attached hydrogens (tertiary/aromatic N) is 3. The van der Waals surface area contributed by atoms with Crippen molar-refractivity contribution < 1.29 is 14.6 Å². The van der Waals surface area contributed by atoms with Gasteiger partial charge in [0.05, 0.1) is 12.7 Å². The van der Waals surface area contributed by atoms with E-state index in [2.05, 4.69) is 9.97 Å². The number of carbonyl (C=O) groups is 1. The summed E-state index contributed by atoms with van der Waals surface area (Å²) in [6.45, 7) is 2.05. The Labute approximate surface area is 111 Å². The molecule has 1 atom stereocenters. The Balaban J connectivity index is 2.74. The molecule has 0 spiro atoms. The molecule has 0 aliphatic heterocycles. The number of likely N-dealkylation sites (N-methyl/N-ethyl adjacent to an activating group) is 1. The molecule has 0 saturated heterocycles. The van der Waals surface area contributed by atoms with Crippen LogP contribution < -0.4 is 0 Å². The standard InChI is InChI=1S/C11H16ClN3O3/c1-7-4-9(14-11(12)13-7)10(17)15(2)5-8(16)6-18-3/h4,8,16H,5-6H2,1-3H3. The lowest BCUT2D eigenvalue weighted by Crippen LogP contribution is -2.36. The number of rotatable bonds is 5. The van der Waals surface area contributed by atoms with E-state index in [1.165, 1.54) is 12.0 Å². The largest absolute Gasteiger partial charge is 0.389 e. The summed E-state index contributed by atoms with van der Waals surface area (Å²) in [7, 11) is 3.06. The average molecular weight is 274 g/mol. The molecule has 1 rings (SSSR count). The van der Waals surface area contributed by atoms with E-state index >= 15 is 0 Å². The van der Waals surface area contributed by atoms with Crippen molar-refractivity contribution in [1.82, 2.24) is 14.9 Å². The second-order valence-electron chi connectivity index (χ2n) is 3.96. The van der Waals surface area contributed by atoms with Crippen LogP contribution in [0.4, 0.5) is 0 Å². The molecule has 0 aromatic carbocycles. The fraction of sp³-hybridized carbons (Fsp3) is 0.545. The molecular formula is C11H16ClN3O3. The Kier molecular flexibility index (Phi) is 5.46. The van der Waals surface area contributed by atoms with Gasteiger partial charge in [0, 0.05) is 26.4 Å². The quantitative estimate of drug-likeness (QED) is 0.792. The molecule has 1 aromatic rings. The Morgan fingerprint density at radius 3 is 2.83 bits per heavy atom. The lowest BCUT2D eigenvalue weighted by atomic mass is 10.3. The van der Waals surface area contributed by atoms with Crippen molar-refractivity contribution in [3.8, 4) is 0 Å². The highest BCUT2D eigenvalue weighted by atomic mass is 35.5. The van der Waals surface area contributed by atoms with Crippen molar-refractivity contribution in [1.29, 1.82) is 0 Å². The Morgan fingerprint density at radius 2 is 2.28 bits per heavy atom. The molecule has 18 heavy (non-hydrogen) atoms. The number of aromatic nitrogens is 2. The van der Waals surface area contributed by atoms with E-state index in [4.69, 9.17) is 16.3 Å². The summed E-state index contributed by atoms with van der Waals surface area (Å²) in [5.41, 5.74) is 0.823. The van der Waals surface area contributed by atoms with Crippen LogP contribution in [0.15, 0.2) is 6.07 Å². The highest BCUT2D eigenvalue weighted by Crippen LogP contribution is 2.07. The zero-order valence-corrected chi connectivity index (χ0v) is 11.3. The smallest absolute Gasteiger partial charge is 0.272 e. The number of hydrogen-bond acceptors (Lipinski definition) is 5. The van der Waals surface area contributed by atoms with Crippen LogP contribution in [0.3, 0.4) is 0 Å². The first-order valence-corrected chi connectivity index (χ1v) is 5.75. The summed E-state index contributed by atoms with van der Waals surface area (Å²) in [6.07, 6.45) is -0.734. The maximum atomic E-state index is 12.0. The van der Waals surface area contributed by atoms with Crippen molar-refractivity contribution in [3.05, 3.63) is 22.7 Å². The predicted molar refractivity (Wildman–Crippen MR) is 66.6 cm³/mol. The van der Waals surface area contributed by atoms with Crippen molar-refractivity contribution in [2.45, 2.75) is 13.0 Å². The number of aliphatic hydroxyl groups is 1. The number of amides is 1. The molecule has 0 saturated carbocycles. The number of methoxy groups -OCH3 is 1. The minimum atomic E-state index is -0.734. The topological polar surface area (TPSA) is 75.6 Å². The third-order valence-corrected chi connectivity index (χ3v) is 2.41. The zero-order valence-electron chi connectivity index (χ0n) is 10.6. The van der Waals surface area contributed by atoms with Crippen molar-refractivity contribution in [2.24, 2.45) is 0 Å². The SMILES string of the molecule is COCC(O)CN(C)C(=O)c1cc(C)nc(Cl)n1. The maximum absolute atomic E-state index is 12.0. The van der Waals surface area contributed by atoms with Gasteiger partial charge in [-0.2, -0.15) is 0 Å².